The van der Waals surface area contributed by atoms with Crippen molar-refractivity contribution in [2.45, 2.75) is 18.9 Å². The van der Waals surface area contributed by atoms with Gasteiger partial charge >= 0.3 is 11.9 Å². The fourth-order valence-electron chi connectivity index (χ4n) is 0.402. The van der Waals surface area contributed by atoms with Gasteiger partial charge in [-0.25, -0.2) is 0 Å². The van der Waals surface area contributed by atoms with Crippen LogP contribution in [-0.2, 0) is 14.2 Å². The number of rotatable bonds is 4. The summed E-state index contributed by atoms with van der Waals surface area (Å²) in [5.74, 6) is -2.20. The molecular formula is C7H16NO6P. The Bertz CT molecular complexity index is 252. The van der Waals surface area contributed by atoms with Crippen molar-refractivity contribution in [3.05, 3.63) is 0 Å². The van der Waals surface area contributed by atoms with E-state index in [1.807, 2.05) is 0 Å². The Labute approximate surface area is 87.4 Å². The first-order chi connectivity index (χ1) is 6.54. The minimum absolute atomic E-state index is 0.0231. The van der Waals surface area contributed by atoms with E-state index in [2.05, 4.69) is 0 Å². The maximum atomic E-state index is 9.99. The second-order valence-corrected chi connectivity index (χ2v) is 5.76. The van der Waals surface area contributed by atoms with Crippen molar-refractivity contribution in [3.8, 4) is 0 Å². The second kappa shape index (κ2) is 7.39. The number of aliphatic carboxylic acids is 2. The average Bonchev–Trinajstić information content (AvgIpc) is 1.96. The van der Waals surface area contributed by atoms with Crippen molar-refractivity contribution in [2.24, 2.45) is 5.73 Å². The zero-order valence-electron chi connectivity index (χ0n) is 8.58. The van der Waals surface area contributed by atoms with E-state index >= 15 is 0 Å². The summed E-state index contributed by atoms with van der Waals surface area (Å²) < 4.78 is 9.77. The molecule has 0 bridgehead atoms. The van der Waals surface area contributed by atoms with E-state index in [0.717, 1.165) is 0 Å². The third kappa shape index (κ3) is 24.6. The molecule has 0 radical (unpaired) electrons. The minimum atomic E-state index is -2.64. The van der Waals surface area contributed by atoms with E-state index < -0.39 is 25.3 Å². The van der Waals surface area contributed by atoms with E-state index in [1.165, 1.54) is 13.3 Å². The molecule has 0 spiro atoms. The van der Waals surface area contributed by atoms with Crippen molar-refractivity contribution in [1.29, 1.82) is 0 Å². The van der Waals surface area contributed by atoms with Crippen LogP contribution in [0.25, 0.3) is 0 Å². The van der Waals surface area contributed by atoms with E-state index in [4.69, 9.17) is 20.8 Å². The molecule has 0 aliphatic rings. The highest BCUT2D eigenvalue weighted by molar-refractivity contribution is 7.56. The fraction of sp³-hybridized carbons (Fsp3) is 0.714. The molecule has 0 aliphatic carbocycles. The summed E-state index contributed by atoms with van der Waals surface area (Å²) >= 11 is 0. The topological polar surface area (TPSA) is 138 Å². The first kappa shape index (κ1) is 16.5. The molecule has 1 atom stereocenters. The SMILES string of the molecule is CP(C)(=O)O.NC(CCC(=O)O)C(=O)O. The van der Waals surface area contributed by atoms with E-state index in [-0.39, 0.29) is 12.8 Å². The lowest BCUT2D eigenvalue weighted by molar-refractivity contribution is -0.139. The number of carboxylic acids is 2. The molecule has 8 heteroatoms. The Morgan fingerprint density at radius 3 is 1.87 bits per heavy atom. The van der Waals surface area contributed by atoms with Crippen LogP contribution in [0.3, 0.4) is 0 Å². The third-order valence-corrected chi connectivity index (χ3v) is 0.986. The van der Waals surface area contributed by atoms with Crippen LogP contribution < -0.4 is 5.73 Å². The molecule has 0 fully saturated rings. The van der Waals surface area contributed by atoms with Crippen LogP contribution in [-0.4, -0.2) is 46.4 Å². The minimum Gasteiger partial charge on any atom is -0.481 e. The summed E-state index contributed by atoms with van der Waals surface area (Å²) in [5.41, 5.74) is 5.00. The van der Waals surface area contributed by atoms with Crippen LogP contribution in [0.2, 0.25) is 0 Å². The molecule has 5 N–H and O–H groups in total. The molecule has 0 aliphatic heterocycles. The molecule has 1 unspecified atom stereocenters. The first-order valence-corrected chi connectivity index (χ1v) is 6.57. The van der Waals surface area contributed by atoms with Crippen molar-refractivity contribution < 1.29 is 29.3 Å². The summed E-state index contributed by atoms with van der Waals surface area (Å²) in [4.78, 5) is 27.9. The summed E-state index contributed by atoms with van der Waals surface area (Å²) in [5, 5.41) is 16.3. The molecular weight excluding hydrogens is 225 g/mol. The largest absolute Gasteiger partial charge is 0.481 e. The Balaban J connectivity index is 0. The molecule has 0 aromatic rings. The normalized spacial score (nSPS) is 12.3. The molecule has 15 heavy (non-hydrogen) atoms. The monoisotopic (exact) mass is 241 g/mol. The highest BCUT2D eigenvalue weighted by Crippen LogP contribution is 2.27. The number of nitrogens with two attached hydrogens (primary N) is 1. The van der Waals surface area contributed by atoms with E-state index in [9.17, 15) is 14.2 Å². The summed E-state index contributed by atoms with van der Waals surface area (Å²) in [6, 6.07) is -1.06. The van der Waals surface area contributed by atoms with Gasteiger partial charge in [-0.3, -0.25) is 14.2 Å². The van der Waals surface area contributed by atoms with Crippen molar-refractivity contribution in [3.63, 3.8) is 0 Å². The number of carbonyl (C=O) groups is 2. The average molecular weight is 241 g/mol. The highest BCUT2D eigenvalue weighted by atomic mass is 31.2. The molecule has 0 saturated heterocycles. The smallest absolute Gasteiger partial charge is 0.320 e. The molecule has 90 valence electrons. The summed E-state index contributed by atoms with van der Waals surface area (Å²) in [6.45, 7) is 2.60. The van der Waals surface area contributed by atoms with Gasteiger partial charge in [0.25, 0.3) is 0 Å². The molecule has 0 aromatic carbocycles. The van der Waals surface area contributed by atoms with Gasteiger partial charge < -0.3 is 20.8 Å². The maximum absolute atomic E-state index is 9.99. The van der Waals surface area contributed by atoms with Gasteiger partial charge in [-0.1, -0.05) is 0 Å². The maximum Gasteiger partial charge on any atom is 0.320 e. The molecule has 7 nitrogen and oxygen atoms in total. The lowest BCUT2D eigenvalue weighted by atomic mass is 10.2. The molecule has 0 amide bonds. The van der Waals surface area contributed by atoms with Crippen LogP contribution in [0.4, 0.5) is 0 Å². The van der Waals surface area contributed by atoms with Crippen LogP contribution in [0.1, 0.15) is 12.8 Å². The van der Waals surface area contributed by atoms with Crippen LogP contribution in [0, 0.1) is 0 Å². The zero-order chi connectivity index (χ0) is 12.6. The Morgan fingerprint density at radius 1 is 1.33 bits per heavy atom. The predicted octanol–water partition coefficient (Wildman–Crippen LogP) is -0.220. The van der Waals surface area contributed by atoms with Gasteiger partial charge in [0.05, 0.1) is 0 Å². The van der Waals surface area contributed by atoms with Gasteiger partial charge in [-0.15, -0.1) is 0 Å². The Morgan fingerprint density at radius 2 is 1.67 bits per heavy atom. The number of carboxylic acid groups (broad SMARTS) is 2. The standard InChI is InChI=1S/C5H9NO4.C2H7O2P/c6-3(5(9)10)1-2-4(7)8;1-5(2,3)4/h3H,1-2,6H2,(H,7,8)(H,9,10);1-2H3,(H,3,4). The molecule has 0 heterocycles. The lowest BCUT2D eigenvalue weighted by Gasteiger charge is -2.01. The number of hydrogen-bond donors (Lipinski definition) is 4. The quantitative estimate of drug-likeness (QED) is 0.499. The van der Waals surface area contributed by atoms with Gasteiger partial charge in [0.2, 0.25) is 0 Å². The Kier molecular flexibility index (Phi) is 8.14. The Hall–Kier alpha value is -0.910. The van der Waals surface area contributed by atoms with Crippen LogP contribution >= 0.6 is 7.37 Å². The summed E-state index contributed by atoms with van der Waals surface area (Å²) in [7, 11) is -2.64. The highest BCUT2D eigenvalue weighted by Gasteiger charge is 2.12. The van der Waals surface area contributed by atoms with Gasteiger partial charge in [0, 0.05) is 19.8 Å². The fourth-order valence-corrected chi connectivity index (χ4v) is 0.402. The van der Waals surface area contributed by atoms with E-state index in [1.54, 1.807) is 0 Å². The van der Waals surface area contributed by atoms with Crippen LogP contribution in [0.5, 0.6) is 0 Å². The van der Waals surface area contributed by atoms with Gasteiger partial charge in [-0.2, -0.15) is 0 Å². The first-order valence-electron chi connectivity index (χ1n) is 4.02. The summed E-state index contributed by atoms with van der Waals surface area (Å²) in [6.07, 6.45) is -0.224. The van der Waals surface area contributed by atoms with E-state index in [0.29, 0.717) is 0 Å². The third-order valence-electron chi connectivity index (χ3n) is 0.986. The molecule has 0 rings (SSSR count). The molecule has 0 saturated carbocycles. The van der Waals surface area contributed by atoms with Crippen LogP contribution in [0.15, 0.2) is 0 Å². The van der Waals surface area contributed by atoms with Gasteiger partial charge in [0.15, 0.2) is 7.37 Å². The van der Waals surface area contributed by atoms with Crippen molar-refractivity contribution in [2.75, 3.05) is 13.3 Å². The van der Waals surface area contributed by atoms with Crippen molar-refractivity contribution in [1.82, 2.24) is 0 Å². The van der Waals surface area contributed by atoms with Crippen molar-refractivity contribution >= 4 is 19.3 Å². The van der Waals surface area contributed by atoms with Gasteiger partial charge in [0.1, 0.15) is 6.04 Å². The second-order valence-electron chi connectivity index (χ2n) is 3.17. The number of hydrogen-bond acceptors (Lipinski definition) is 4. The molecule has 0 aromatic heterocycles. The predicted molar refractivity (Wildman–Crippen MR) is 54.2 cm³/mol. The zero-order valence-corrected chi connectivity index (χ0v) is 9.48. The lowest BCUT2D eigenvalue weighted by Crippen LogP contribution is -2.30. The van der Waals surface area contributed by atoms with Gasteiger partial charge in [-0.05, 0) is 6.42 Å².